The number of piperazine rings is 1. The molecule has 140 valence electrons. The molecular weight excluding hydrogens is 358 g/mol. The lowest BCUT2D eigenvalue weighted by Gasteiger charge is -2.34. The average molecular weight is 382 g/mol. The first-order chi connectivity index (χ1) is 13.2. The molecule has 1 aliphatic heterocycles. The van der Waals surface area contributed by atoms with Crippen molar-refractivity contribution in [3.63, 3.8) is 0 Å². The van der Waals surface area contributed by atoms with Crippen molar-refractivity contribution >= 4 is 22.4 Å². The Morgan fingerprint density at radius 1 is 1.11 bits per heavy atom. The molecule has 0 radical (unpaired) electrons. The van der Waals surface area contributed by atoms with Crippen molar-refractivity contribution < 1.29 is 4.79 Å². The fourth-order valence-corrected chi connectivity index (χ4v) is 4.94. The molecular formula is C20H23N5OS. The number of amides is 1. The van der Waals surface area contributed by atoms with Gasteiger partial charge in [0.15, 0.2) is 0 Å². The van der Waals surface area contributed by atoms with Crippen LogP contribution in [0.25, 0.3) is 0 Å². The second kappa shape index (κ2) is 8.05. The summed E-state index contributed by atoms with van der Waals surface area (Å²) in [5.41, 5.74) is 1.10. The number of carbonyl (C=O) groups excluding carboxylic acids is 1. The number of hydrogen-bond donors (Lipinski definition) is 0. The summed E-state index contributed by atoms with van der Waals surface area (Å²) >= 11 is 1.72. The Kier molecular flexibility index (Phi) is 5.35. The van der Waals surface area contributed by atoms with E-state index in [1.54, 1.807) is 35.6 Å². The molecule has 0 N–H and O–H groups in total. The first-order valence-corrected chi connectivity index (χ1v) is 10.4. The van der Waals surface area contributed by atoms with Gasteiger partial charge in [-0.05, 0) is 31.0 Å². The molecule has 1 amide bonds. The topological polar surface area (TPSA) is 73.1 Å². The SMILES string of the molecule is N#Cc1cccc(C(=O)N2CCN(c3nnc(C4CCCCC4)s3)CC2)c1. The Morgan fingerprint density at radius 3 is 2.63 bits per heavy atom. The molecule has 1 saturated heterocycles. The van der Waals surface area contributed by atoms with Gasteiger partial charge in [-0.25, -0.2) is 0 Å². The molecule has 2 heterocycles. The lowest BCUT2D eigenvalue weighted by atomic mass is 9.90. The summed E-state index contributed by atoms with van der Waals surface area (Å²) in [6.45, 7) is 2.86. The Morgan fingerprint density at radius 2 is 1.89 bits per heavy atom. The molecule has 0 spiro atoms. The maximum atomic E-state index is 12.7. The molecule has 2 aliphatic rings. The third-order valence-corrected chi connectivity index (χ3v) is 6.61. The smallest absolute Gasteiger partial charge is 0.254 e. The number of rotatable bonds is 3. The monoisotopic (exact) mass is 381 g/mol. The first-order valence-electron chi connectivity index (χ1n) is 9.62. The van der Waals surface area contributed by atoms with Crippen LogP contribution in [0.15, 0.2) is 24.3 Å². The van der Waals surface area contributed by atoms with Gasteiger partial charge in [-0.2, -0.15) is 5.26 Å². The summed E-state index contributed by atoms with van der Waals surface area (Å²) in [7, 11) is 0. The van der Waals surface area contributed by atoms with Crippen LogP contribution in [0.2, 0.25) is 0 Å². The van der Waals surface area contributed by atoms with Gasteiger partial charge in [-0.15, -0.1) is 10.2 Å². The molecule has 1 aromatic carbocycles. The summed E-state index contributed by atoms with van der Waals surface area (Å²) < 4.78 is 0. The molecule has 0 atom stereocenters. The van der Waals surface area contributed by atoms with E-state index >= 15 is 0 Å². The molecule has 1 aliphatic carbocycles. The average Bonchev–Trinajstić information content (AvgIpc) is 3.24. The van der Waals surface area contributed by atoms with Crippen molar-refractivity contribution in [3.8, 4) is 6.07 Å². The highest BCUT2D eigenvalue weighted by molar-refractivity contribution is 7.15. The van der Waals surface area contributed by atoms with Gasteiger partial charge in [0.05, 0.1) is 11.6 Å². The molecule has 1 saturated carbocycles. The minimum atomic E-state index is -0.00749. The van der Waals surface area contributed by atoms with E-state index in [9.17, 15) is 4.79 Å². The lowest BCUT2D eigenvalue weighted by Crippen LogP contribution is -2.48. The number of nitrogens with zero attached hydrogens (tertiary/aromatic N) is 5. The van der Waals surface area contributed by atoms with E-state index in [4.69, 9.17) is 5.26 Å². The maximum absolute atomic E-state index is 12.7. The van der Waals surface area contributed by atoms with Crippen LogP contribution < -0.4 is 4.90 Å². The minimum Gasteiger partial charge on any atom is -0.343 e. The highest BCUT2D eigenvalue weighted by Crippen LogP contribution is 2.36. The number of aromatic nitrogens is 2. The Labute approximate surface area is 163 Å². The molecule has 27 heavy (non-hydrogen) atoms. The molecule has 4 rings (SSSR count). The largest absolute Gasteiger partial charge is 0.343 e. The third kappa shape index (κ3) is 3.96. The molecule has 0 bridgehead atoms. The number of anilines is 1. The Hall–Kier alpha value is -2.46. The van der Waals surface area contributed by atoms with Crippen molar-refractivity contribution in [1.29, 1.82) is 5.26 Å². The molecule has 1 aromatic heterocycles. The van der Waals surface area contributed by atoms with Crippen LogP contribution in [-0.2, 0) is 0 Å². The van der Waals surface area contributed by atoms with Crippen LogP contribution in [0.3, 0.4) is 0 Å². The number of benzene rings is 1. The number of carbonyl (C=O) groups is 1. The van der Waals surface area contributed by atoms with E-state index in [1.165, 1.54) is 37.1 Å². The zero-order valence-electron chi connectivity index (χ0n) is 15.3. The molecule has 6 nitrogen and oxygen atoms in total. The van der Waals surface area contributed by atoms with Gasteiger partial charge < -0.3 is 9.80 Å². The Balaban J connectivity index is 1.37. The Bertz CT molecular complexity index is 844. The second-order valence-corrected chi connectivity index (χ2v) is 8.22. The fourth-order valence-electron chi connectivity index (χ4n) is 3.87. The number of nitriles is 1. The van der Waals surface area contributed by atoms with Crippen molar-refractivity contribution in [3.05, 3.63) is 40.4 Å². The van der Waals surface area contributed by atoms with Crippen LogP contribution in [0.5, 0.6) is 0 Å². The van der Waals surface area contributed by atoms with Crippen molar-refractivity contribution in [2.24, 2.45) is 0 Å². The lowest BCUT2D eigenvalue weighted by molar-refractivity contribution is 0.0746. The van der Waals surface area contributed by atoms with Gasteiger partial charge in [0, 0.05) is 37.7 Å². The quantitative estimate of drug-likeness (QED) is 0.814. The third-order valence-electron chi connectivity index (χ3n) is 5.46. The van der Waals surface area contributed by atoms with Crippen LogP contribution in [-0.4, -0.2) is 47.2 Å². The zero-order valence-corrected chi connectivity index (χ0v) is 16.1. The van der Waals surface area contributed by atoms with Crippen molar-refractivity contribution in [2.75, 3.05) is 31.1 Å². The maximum Gasteiger partial charge on any atom is 0.254 e. The van der Waals surface area contributed by atoms with Crippen molar-refractivity contribution in [2.45, 2.75) is 38.0 Å². The summed E-state index contributed by atoms with van der Waals surface area (Å²) in [5, 5.41) is 20.0. The van der Waals surface area contributed by atoms with Gasteiger partial charge >= 0.3 is 0 Å². The molecule has 2 aromatic rings. The van der Waals surface area contributed by atoms with Gasteiger partial charge in [0.25, 0.3) is 5.91 Å². The van der Waals surface area contributed by atoms with E-state index in [-0.39, 0.29) is 5.91 Å². The second-order valence-electron chi connectivity index (χ2n) is 7.23. The van der Waals surface area contributed by atoms with E-state index < -0.39 is 0 Å². The summed E-state index contributed by atoms with van der Waals surface area (Å²) in [5.74, 6) is 0.576. The summed E-state index contributed by atoms with van der Waals surface area (Å²) in [6, 6.07) is 9.00. The minimum absolute atomic E-state index is 0.00749. The van der Waals surface area contributed by atoms with Gasteiger partial charge in [-0.3, -0.25) is 4.79 Å². The van der Waals surface area contributed by atoms with Crippen LogP contribution in [0.4, 0.5) is 5.13 Å². The van der Waals surface area contributed by atoms with E-state index in [0.717, 1.165) is 18.2 Å². The summed E-state index contributed by atoms with van der Waals surface area (Å²) in [4.78, 5) is 16.8. The van der Waals surface area contributed by atoms with E-state index in [0.29, 0.717) is 30.1 Å². The van der Waals surface area contributed by atoms with Crippen LogP contribution >= 0.6 is 11.3 Å². The normalized spacial score (nSPS) is 18.3. The van der Waals surface area contributed by atoms with Gasteiger partial charge in [0.1, 0.15) is 5.01 Å². The fraction of sp³-hybridized carbons (Fsp3) is 0.500. The standard InChI is InChI=1S/C20H23N5OS/c21-14-15-5-4-8-17(13-15)19(26)24-9-11-25(12-10-24)20-23-22-18(27-20)16-6-2-1-3-7-16/h4-5,8,13,16H,1-3,6-7,9-12H2. The molecule has 0 unspecified atom stereocenters. The number of hydrogen-bond acceptors (Lipinski definition) is 6. The van der Waals surface area contributed by atoms with E-state index in [2.05, 4.69) is 21.2 Å². The van der Waals surface area contributed by atoms with E-state index in [1.807, 2.05) is 4.90 Å². The van der Waals surface area contributed by atoms with Crippen LogP contribution in [0.1, 0.15) is 59.0 Å². The highest BCUT2D eigenvalue weighted by atomic mass is 32.1. The predicted molar refractivity (Wildman–Crippen MR) is 105 cm³/mol. The van der Waals surface area contributed by atoms with Gasteiger partial charge in [0.2, 0.25) is 5.13 Å². The predicted octanol–water partition coefficient (Wildman–Crippen LogP) is 3.42. The first kappa shape index (κ1) is 17.9. The van der Waals surface area contributed by atoms with Crippen LogP contribution in [0, 0.1) is 11.3 Å². The summed E-state index contributed by atoms with van der Waals surface area (Å²) in [6.07, 6.45) is 6.41. The van der Waals surface area contributed by atoms with Crippen molar-refractivity contribution in [1.82, 2.24) is 15.1 Å². The highest BCUT2D eigenvalue weighted by Gasteiger charge is 2.26. The zero-order chi connectivity index (χ0) is 18.6. The van der Waals surface area contributed by atoms with Gasteiger partial charge in [-0.1, -0.05) is 36.7 Å². The molecule has 7 heteroatoms. The molecule has 2 fully saturated rings.